The lowest BCUT2D eigenvalue weighted by molar-refractivity contribution is -0.237. The van der Waals surface area contributed by atoms with Gasteiger partial charge in [-0.3, -0.25) is 14.5 Å². The molecular formula is C16H28N2O5. The van der Waals surface area contributed by atoms with E-state index in [0.717, 1.165) is 12.8 Å². The lowest BCUT2D eigenvalue weighted by atomic mass is 9.88. The van der Waals surface area contributed by atoms with Crippen molar-refractivity contribution in [3.63, 3.8) is 0 Å². The molecule has 0 saturated carbocycles. The van der Waals surface area contributed by atoms with Gasteiger partial charge in [0.1, 0.15) is 11.1 Å². The van der Waals surface area contributed by atoms with Crippen LogP contribution in [0.1, 0.15) is 53.4 Å². The van der Waals surface area contributed by atoms with E-state index >= 15 is 0 Å². The van der Waals surface area contributed by atoms with Crippen LogP contribution in [0, 0.1) is 0 Å². The summed E-state index contributed by atoms with van der Waals surface area (Å²) in [5.41, 5.74) is -1.56. The van der Waals surface area contributed by atoms with Crippen LogP contribution in [0.25, 0.3) is 0 Å². The van der Waals surface area contributed by atoms with E-state index in [1.165, 1.54) is 9.96 Å². The molecular weight excluding hydrogens is 300 g/mol. The number of amides is 2. The predicted molar refractivity (Wildman–Crippen MR) is 83.5 cm³/mol. The number of hydrogen-bond acceptors (Lipinski definition) is 5. The highest BCUT2D eigenvalue weighted by molar-refractivity contribution is 5.95. The topological polar surface area (TPSA) is 79.3 Å². The van der Waals surface area contributed by atoms with E-state index < -0.39 is 17.2 Å². The average molecular weight is 328 g/mol. The minimum absolute atomic E-state index is 0.176. The highest BCUT2D eigenvalue weighted by Crippen LogP contribution is 2.43. The summed E-state index contributed by atoms with van der Waals surface area (Å²) in [4.78, 5) is 32.0. The number of aliphatic hydroxyl groups is 1. The van der Waals surface area contributed by atoms with E-state index in [9.17, 15) is 14.7 Å². The molecule has 0 aromatic heterocycles. The van der Waals surface area contributed by atoms with Crippen LogP contribution < -0.4 is 0 Å². The second kappa shape index (κ2) is 6.65. The Morgan fingerprint density at radius 2 is 2.13 bits per heavy atom. The summed E-state index contributed by atoms with van der Waals surface area (Å²) in [6.07, 6.45) is 2.44. The van der Waals surface area contributed by atoms with Crippen molar-refractivity contribution >= 4 is 12.0 Å². The van der Waals surface area contributed by atoms with Crippen LogP contribution in [-0.2, 0) is 14.4 Å². The van der Waals surface area contributed by atoms with E-state index in [4.69, 9.17) is 9.57 Å². The molecule has 2 amide bonds. The summed E-state index contributed by atoms with van der Waals surface area (Å²) < 4.78 is 5.43. The molecule has 7 nitrogen and oxygen atoms in total. The first-order valence-corrected chi connectivity index (χ1v) is 8.33. The van der Waals surface area contributed by atoms with Gasteiger partial charge in [-0.25, -0.2) is 9.86 Å². The lowest BCUT2D eigenvalue weighted by Crippen LogP contribution is -2.73. The monoisotopic (exact) mass is 328 g/mol. The van der Waals surface area contributed by atoms with Gasteiger partial charge in [0.2, 0.25) is 0 Å². The molecule has 2 atom stereocenters. The quantitative estimate of drug-likeness (QED) is 0.614. The van der Waals surface area contributed by atoms with Crippen LogP contribution >= 0.6 is 0 Å². The second-order valence-corrected chi connectivity index (χ2v) is 7.29. The average Bonchev–Trinajstić information content (AvgIpc) is 2.86. The van der Waals surface area contributed by atoms with Gasteiger partial charge in [-0.2, -0.15) is 0 Å². The summed E-state index contributed by atoms with van der Waals surface area (Å²) in [6.45, 7) is 8.05. The maximum absolute atomic E-state index is 12.6. The highest BCUT2D eigenvalue weighted by atomic mass is 16.7. The summed E-state index contributed by atoms with van der Waals surface area (Å²) in [5, 5.41) is 10.9. The van der Waals surface area contributed by atoms with Crippen LogP contribution in [0.4, 0.5) is 4.79 Å². The van der Waals surface area contributed by atoms with Gasteiger partial charge in [0, 0.05) is 0 Å². The van der Waals surface area contributed by atoms with Gasteiger partial charge in [-0.05, 0) is 40.0 Å². The van der Waals surface area contributed by atoms with Crippen LogP contribution in [0.3, 0.4) is 0 Å². The first-order valence-electron chi connectivity index (χ1n) is 8.33. The molecule has 1 spiro atoms. The Morgan fingerprint density at radius 3 is 2.65 bits per heavy atom. The van der Waals surface area contributed by atoms with Crippen LogP contribution in [0.2, 0.25) is 0 Å². The van der Waals surface area contributed by atoms with Crippen molar-refractivity contribution in [3.05, 3.63) is 0 Å². The number of hydrogen-bond donors (Lipinski definition) is 1. The minimum Gasteiger partial charge on any atom is -0.444 e. The summed E-state index contributed by atoms with van der Waals surface area (Å²) in [6, 6.07) is -0.383. The molecule has 1 N–H and O–H groups in total. The lowest BCUT2D eigenvalue weighted by Gasteiger charge is -2.50. The number of aliphatic hydroxyl groups excluding tert-OH is 1. The molecule has 0 radical (unpaired) electrons. The number of rotatable bonds is 5. The number of ether oxygens (including phenoxy) is 1. The fourth-order valence-corrected chi connectivity index (χ4v) is 3.12. The molecule has 0 aromatic rings. The Morgan fingerprint density at radius 1 is 1.43 bits per heavy atom. The van der Waals surface area contributed by atoms with Crippen molar-refractivity contribution in [2.24, 2.45) is 0 Å². The molecule has 0 aliphatic carbocycles. The number of hydroxylamine groups is 2. The van der Waals surface area contributed by atoms with Crippen molar-refractivity contribution < 1.29 is 24.3 Å². The van der Waals surface area contributed by atoms with Crippen LogP contribution in [0.15, 0.2) is 0 Å². The number of β-lactam (4-membered cyclic amide) rings is 1. The van der Waals surface area contributed by atoms with Gasteiger partial charge in [0.15, 0.2) is 0 Å². The molecule has 2 saturated heterocycles. The number of nitrogens with zero attached hydrogens (tertiary/aromatic N) is 2. The van der Waals surface area contributed by atoms with Crippen molar-refractivity contribution in [3.8, 4) is 0 Å². The second-order valence-electron chi connectivity index (χ2n) is 7.29. The third-order valence-corrected chi connectivity index (χ3v) is 4.29. The van der Waals surface area contributed by atoms with Gasteiger partial charge >= 0.3 is 6.09 Å². The first-order chi connectivity index (χ1) is 10.7. The zero-order chi connectivity index (χ0) is 17.3. The third-order valence-electron chi connectivity index (χ3n) is 4.29. The largest absolute Gasteiger partial charge is 0.444 e. The van der Waals surface area contributed by atoms with Gasteiger partial charge < -0.3 is 9.84 Å². The minimum atomic E-state index is -0.915. The summed E-state index contributed by atoms with van der Waals surface area (Å²) >= 11 is 0. The molecule has 2 heterocycles. The third kappa shape index (κ3) is 3.45. The molecule has 2 unspecified atom stereocenters. The Kier molecular flexibility index (Phi) is 5.20. The van der Waals surface area contributed by atoms with Crippen LogP contribution in [-0.4, -0.2) is 64.0 Å². The Balaban J connectivity index is 2.08. The van der Waals surface area contributed by atoms with Gasteiger partial charge in [0.05, 0.1) is 25.8 Å². The normalized spacial score (nSPS) is 27.5. The van der Waals surface area contributed by atoms with E-state index in [1.807, 2.05) is 0 Å². The Hall–Kier alpha value is -1.34. The SMILES string of the molecule is CCCCON1CC2(CCC(CO)N2C(=O)OC(C)(C)C)C1=O. The van der Waals surface area contributed by atoms with Crippen molar-refractivity contribution in [2.45, 2.75) is 70.6 Å². The molecule has 2 rings (SSSR count). The van der Waals surface area contributed by atoms with E-state index in [1.54, 1.807) is 20.8 Å². The number of likely N-dealkylation sites (tertiary alicyclic amines) is 1. The predicted octanol–water partition coefficient (Wildman–Crippen LogP) is 1.69. The van der Waals surface area contributed by atoms with Gasteiger partial charge in [0.25, 0.3) is 5.91 Å². The zero-order valence-electron chi connectivity index (χ0n) is 14.5. The Labute approximate surface area is 137 Å². The summed E-state index contributed by atoms with van der Waals surface area (Å²) in [5.74, 6) is -0.213. The van der Waals surface area contributed by atoms with Crippen molar-refractivity contribution in [2.75, 3.05) is 19.8 Å². The molecule has 2 aliphatic rings. The molecule has 7 heteroatoms. The molecule has 2 fully saturated rings. The van der Waals surface area contributed by atoms with Gasteiger partial charge in [-0.1, -0.05) is 13.3 Å². The number of unbranched alkanes of at least 4 members (excludes halogenated alkanes) is 1. The standard InChI is InChI=1S/C16H28N2O5/c1-5-6-9-22-17-11-16(13(17)20)8-7-12(10-19)18(16)14(21)23-15(2,3)4/h12,19H,5-11H2,1-4H3. The maximum atomic E-state index is 12.6. The fraction of sp³-hybridized carbons (Fsp3) is 0.875. The van der Waals surface area contributed by atoms with Gasteiger partial charge in [-0.15, -0.1) is 0 Å². The van der Waals surface area contributed by atoms with E-state index in [0.29, 0.717) is 26.0 Å². The maximum Gasteiger partial charge on any atom is 0.411 e. The summed E-state index contributed by atoms with van der Waals surface area (Å²) in [7, 11) is 0. The molecule has 0 aromatic carbocycles. The first kappa shape index (κ1) is 18.0. The zero-order valence-corrected chi connectivity index (χ0v) is 14.5. The molecule has 23 heavy (non-hydrogen) atoms. The van der Waals surface area contributed by atoms with Crippen LogP contribution in [0.5, 0.6) is 0 Å². The number of carbonyl (C=O) groups is 2. The smallest absolute Gasteiger partial charge is 0.411 e. The molecule has 0 bridgehead atoms. The molecule has 132 valence electrons. The Bertz CT molecular complexity index is 462. The fourth-order valence-electron chi connectivity index (χ4n) is 3.12. The van der Waals surface area contributed by atoms with E-state index in [-0.39, 0.29) is 18.6 Å². The van der Waals surface area contributed by atoms with Crippen molar-refractivity contribution in [1.29, 1.82) is 0 Å². The van der Waals surface area contributed by atoms with E-state index in [2.05, 4.69) is 6.92 Å². The number of carbonyl (C=O) groups excluding carboxylic acids is 2. The van der Waals surface area contributed by atoms with Crippen molar-refractivity contribution in [1.82, 2.24) is 9.96 Å². The highest BCUT2D eigenvalue weighted by Gasteiger charge is 2.64. The molecule has 2 aliphatic heterocycles.